The number of aryl methyl sites for hydroxylation is 1. The Labute approximate surface area is 86.2 Å². The van der Waals surface area contributed by atoms with Crippen molar-refractivity contribution >= 4 is 6.29 Å². The number of hydrogen-bond donors (Lipinski definition) is 0. The van der Waals surface area contributed by atoms with Crippen molar-refractivity contribution in [2.24, 2.45) is 7.05 Å². The largest absolute Gasteiger partial charge is 0.298 e. The van der Waals surface area contributed by atoms with E-state index < -0.39 is 0 Å². The number of aldehydes is 1. The molecule has 1 aromatic carbocycles. The molecule has 0 spiro atoms. The van der Waals surface area contributed by atoms with Gasteiger partial charge in [-0.3, -0.25) is 9.48 Å². The molecule has 1 heterocycles. The first kappa shape index (κ1) is 9.58. The minimum absolute atomic E-state index is 0.353. The lowest BCUT2D eigenvalue weighted by molar-refractivity contribution is 0.112. The van der Waals surface area contributed by atoms with E-state index in [0.717, 1.165) is 0 Å². The van der Waals surface area contributed by atoms with E-state index in [2.05, 4.69) is 5.10 Å². The molecule has 0 aliphatic carbocycles. The zero-order chi connectivity index (χ0) is 10.8. The van der Waals surface area contributed by atoms with Gasteiger partial charge in [-0.1, -0.05) is 0 Å². The van der Waals surface area contributed by atoms with Crippen LogP contribution in [-0.2, 0) is 7.05 Å². The van der Waals surface area contributed by atoms with E-state index in [4.69, 9.17) is 0 Å². The molecule has 0 fully saturated rings. The second-order valence-corrected chi connectivity index (χ2v) is 3.26. The topological polar surface area (TPSA) is 34.9 Å². The highest BCUT2D eigenvalue weighted by molar-refractivity contribution is 5.78. The van der Waals surface area contributed by atoms with Crippen molar-refractivity contribution in [1.29, 1.82) is 0 Å². The number of aromatic nitrogens is 2. The maximum Gasteiger partial charge on any atom is 0.150 e. The molecule has 2 rings (SSSR count). The predicted molar refractivity (Wildman–Crippen MR) is 54.0 cm³/mol. The zero-order valence-electron chi connectivity index (χ0n) is 8.14. The molecule has 4 heteroatoms. The van der Waals surface area contributed by atoms with Gasteiger partial charge in [-0.15, -0.1) is 0 Å². The van der Waals surface area contributed by atoms with Gasteiger partial charge in [0.2, 0.25) is 0 Å². The summed E-state index contributed by atoms with van der Waals surface area (Å²) in [5.74, 6) is -0.353. The van der Waals surface area contributed by atoms with Crippen LogP contribution in [-0.4, -0.2) is 16.1 Å². The molecular formula is C11H9FN2O. The summed E-state index contributed by atoms with van der Waals surface area (Å²) in [7, 11) is 1.75. The standard InChI is InChI=1S/C11H9FN2O/c1-14-6-9(5-13-14)10-4-8(7-15)2-3-11(10)12/h2-7H,1H3. The van der Waals surface area contributed by atoms with Crippen LogP contribution in [0.2, 0.25) is 0 Å². The molecule has 0 saturated heterocycles. The van der Waals surface area contributed by atoms with Gasteiger partial charge < -0.3 is 0 Å². The summed E-state index contributed by atoms with van der Waals surface area (Å²) in [6.07, 6.45) is 3.96. The molecule has 0 aliphatic heterocycles. The van der Waals surface area contributed by atoms with Crippen LogP contribution in [0.3, 0.4) is 0 Å². The summed E-state index contributed by atoms with van der Waals surface area (Å²) in [5.41, 5.74) is 1.52. The highest BCUT2D eigenvalue weighted by Gasteiger charge is 2.07. The molecule has 15 heavy (non-hydrogen) atoms. The average Bonchev–Trinajstić information content (AvgIpc) is 2.65. The Morgan fingerprint density at radius 1 is 1.47 bits per heavy atom. The van der Waals surface area contributed by atoms with Crippen molar-refractivity contribution in [3.63, 3.8) is 0 Å². The van der Waals surface area contributed by atoms with Crippen LogP contribution in [0.5, 0.6) is 0 Å². The van der Waals surface area contributed by atoms with Gasteiger partial charge in [0.1, 0.15) is 12.1 Å². The molecule has 0 aliphatic rings. The monoisotopic (exact) mass is 204 g/mol. The van der Waals surface area contributed by atoms with E-state index in [1.807, 2.05) is 0 Å². The molecule has 0 bridgehead atoms. The van der Waals surface area contributed by atoms with Crippen molar-refractivity contribution in [3.05, 3.63) is 42.0 Å². The Morgan fingerprint density at radius 2 is 2.27 bits per heavy atom. The van der Waals surface area contributed by atoms with E-state index in [0.29, 0.717) is 23.0 Å². The quantitative estimate of drug-likeness (QED) is 0.701. The van der Waals surface area contributed by atoms with Crippen LogP contribution < -0.4 is 0 Å². The number of nitrogens with zero attached hydrogens (tertiary/aromatic N) is 2. The average molecular weight is 204 g/mol. The Kier molecular flexibility index (Phi) is 2.33. The first-order valence-electron chi connectivity index (χ1n) is 4.44. The fourth-order valence-electron chi connectivity index (χ4n) is 1.40. The Balaban J connectivity index is 2.55. The van der Waals surface area contributed by atoms with Gasteiger partial charge in [-0.25, -0.2) is 4.39 Å². The predicted octanol–water partition coefficient (Wildman–Crippen LogP) is 2.04. The van der Waals surface area contributed by atoms with Crippen molar-refractivity contribution in [1.82, 2.24) is 9.78 Å². The molecule has 0 N–H and O–H groups in total. The van der Waals surface area contributed by atoms with Crippen molar-refractivity contribution < 1.29 is 9.18 Å². The Morgan fingerprint density at radius 3 is 2.87 bits per heavy atom. The van der Waals surface area contributed by atoms with Crippen molar-refractivity contribution in [3.8, 4) is 11.1 Å². The van der Waals surface area contributed by atoms with Crippen molar-refractivity contribution in [2.75, 3.05) is 0 Å². The van der Waals surface area contributed by atoms with E-state index in [1.54, 1.807) is 24.1 Å². The number of carbonyl (C=O) groups is 1. The van der Waals surface area contributed by atoms with Crippen LogP contribution in [0.1, 0.15) is 10.4 Å². The maximum absolute atomic E-state index is 13.4. The summed E-state index contributed by atoms with van der Waals surface area (Å²) < 4.78 is 15.0. The fourth-order valence-corrected chi connectivity index (χ4v) is 1.40. The van der Waals surface area contributed by atoms with E-state index in [-0.39, 0.29) is 5.82 Å². The molecular weight excluding hydrogens is 195 g/mol. The molecule has 1 aromatic heterocycles. The summed E-state index contributed by atoms with van der Waals surface area (Å²) in [6.45, 7) is 0. The number of hydrogen-bond acceptors (Lipinski definition) is 2. The number of carbonyl (C=O) groups excluding carboxylic acids is 1. The van der Waals surface area contributed by atoms with Crippen LogP contribution in [0, 0.1) is 5.82 Å². The van der Waals surface area contributed by atoms with Crippen LogP contribution in [0.4, 0.5) is 4.39 Å². The minimum Gasteiger partial charge on any atom is -0.298 e. The number of benzene rings is 1. The Bertz CT molecular complexity index is 505. The molecule has 0 saturated carbocycles. The molecule has 0 unspecified atom stereocenters. The first-order chi connectivity index (χ1) is 7.20. The minimum atomic E-state index is -0.353. The molecule has 2 aromatic rings. The van der Waals surface area contributed by atoms with Gasteiger partial charge in [-0.05, 0) is 18.2 Å². The molecule has 0 atom stereocenters. The van der Waals surface area contributed by atoms with Crippen LogP contribution >= 0.6 is 0 Å². The third-order valence-corrected chi connectivity index (χ3v) is 2.14. The highest BCUT2D eigenvalue weighted by Crippen LogP contribution is 2.22. The third-order valence-electron chi connectivity index (χ3n) is 2.14. The van der Waals surface area contributed by atoms with E-state index in [1.165, 1.54) is 18.2 Å². The molecule has 0 amide bonds. The van der Waals surface area contributed by atoms with Gasteiger partial charge in [-0.2, -0.15) is 5.10 Å². The van der Waals surface area contributed by atoms with Gasteiger partial charge in [0, 0.05) is 29.9 Å². The second kappa shape index (κ2) is 3.65. The molecule has 0 radical (unpaired) electrons. The maximum atomic E-state index is 13.4. The number of rotatable bonds is 2. The smallest absolute Gasteiger partial charge is 0.150 e. The summed E-state index contributed by atoms with van der Waals surface area (Å²) in [4.78, 5) is 10.6. The lowest BCUT2D eigenvalue weighted by Gasteiger charge is -2.00. The molecule has 3 nitrogen and oxygen atoms in total. The fraction of sp³-hybridized carbons (Fsp3) is 0.0909. The van der Waals surface area contributed by atoms with Gasteiger partial charge in [0.05, 0.1) is 6.20 Å². The second-order valence-electron chi connectivity index (χ2n) is 3.26. The SMILES string of the molecule is Cn1cc(-c2cc(C=O)ccc2F)cn1. The van der Waals surface area contributed by atoms with Gasteiger partial charge in [0.15, 0.2) is 0 Å². The van der Waals surface area contributed by atoms with E-state index in [9.17, 15) is 9.18 Å². The summed E-state index contributed by atoms with van der Waals surface area (Å²) in [5, 5.41) is 3.95. The lowest BCUT2D eigenvalue weighted by Crippen LogP contribution is -1.87. The summed E-state index contributed by atoms with van der Waals surface area (Å²) >= 11 is 0. The highest BCUT2D eigenvalue weighted by atomic mass is 19.1. The first-order valence-corrected chi connectivity index (χ1v) is 4.44. The van der Waals surface area contributed by atoms with E-state index >= 15 is 0 Å². The third kappa shape index (κ3) is 1.79. The van der Waals surface area contributed by atoms with Gasteiger partial charge in [0.25, 0.3) is 0 Å². The zero-order valence-corrected chi connectivity index (χ0v) is 8.14. The Hall–Kier alpha value is -1.97. The van der Waals surface area contributed by atoms with Crippen LogP contribution in [0.25, 0.3) is 11.1 Å². The van der Waals surface area contributed by atoms with Crippen molar-refractivity contribution in [2.45, 2.75) is 0 Å². The molecule has 76 valence electrons. The van der Waals surface area contributed by atoms with Crippen LogP contribution in [0.15, 0.2) is 30.6 Å². The number of halogens is 1. The van der Waals surface area contributed by atoms with Gasteiger partial charge >= 0.3 is 0 Å². The normalized spacial score (nSPS) is 10.3. The lowest BCUT2D eigenvalue weighted by atomic mass is 10.1. The summed E-state index contributed by atoms with van der Waals surface area (Å²) in [6, 6.07) is 4.24.